The van der Waals surface area contributed by atoms with E-state index in [-0.39, 0.29) is 11.4 Å². The number of halogens is 2. The van der Waals surface area contributed by atoms with Gasteiger partial charge in [-0.25, -0.2) is 9.37 Å². The van der Waals surface area contributed by atoms with E-state index in [0.29, 0.717) is 16.8 Å². The van der Waals surface area contributed by atoms with Gasteiger partial charge in [0.2, 0.25) is 0 Å². The first-order chi connectivity index (χ1) is 9.60. The molecule has 2 rings (SSSR count). The first-order valence-electron chi connectivity index (χ1n) is 6.07. The molecule has 0 fully saturated rings. The predicted octanol–water partition coefficient (Wildman–Crippen LogP) is 3.67. The SMILES string of the molecule is CCNc1cccc(C(=O)Nc2cc(Br)ccc2F)n1. The van der Waals surface area contributed by atoms with E-state index in [1.54, 1.807) is 24.3 Å². The third kappa shape index (κ3) is 3.54. The topological polar surface area (TPSA) is 54.0 Å². The minimum absolute atomic E-state index is 0.111. The lowest BCUT2D eigenvalue weighted by Gasteiger charge is -2.08. The van der Waals surface area contributed by atoms with E-state index in [1.807, 2.05) is 6.92 Å². The van der Waals surface area contributed by atoms with Crippen LogP contribution in [0.3, 0.4) is 0 Å². The van der Waals surface area contributed by atoms with Gasteiger partial charge in [-0.1, -0.05) is 22.0 Å². The molecule has 1 aromatic heterocycles. The fourth-order valence-electron chi connectivity index (χ4n) is 1.62. The van der Waals surface area contributed by atoms with Gasteiger partial charge >= 0.3 is 0 Å². The van der Waals surface area contributed by atoms with Gasteiger partial charge in [0.15, 0.2) is 0 Å². The van der Waals surface area contributed by atoms with Crippen LogP contribution in [-0.4, -0.2) is 17.4 Å². The number of aromatic nitrogens is 1. The van der Waals surface area contributed by atoms with Crippen molar-refractivity contribution >= 4 is 33.3 Å². The number of benzene rings is 1. The number of pyridine rings is 1. The highest BCUT2D eigenvalue weighted by Crippen LogP contribution is 2.20. The Morgan fingerprint density at radius 3 is 2.90 bits per heavy atom. The second-order valence-electron chi connectivity index (χ2n) is 4.02. The summed E-state index contributed by atoms with van der Waals surface area (Å²) in [4.78, 5) is 16.2. The van der Waals surface area contributed by atoms with E-state index in [0.717, 1.165) is 0 Å². The van der Waals surface area contributed by atoms with Crippen LogP contribution in [0.25, 0.3) is 0 Å². The Labute approximate surface area is 124 Å². The molecular weight excluding hydrogens is 325 g/mol. The Bertz CT molecular complexity index is 634. The van der Waals surface area contributed by atoms with Gasteiger partial charge in [0, 0.05) is 11.0 Å². The maximum Gasteiger partial charge on any atom is 0.274 e. The average molecular weight is 338 g/mol. The Kier molecular flexibility index (Phi) is 4.68. The Hall–Kier alpha value is -1.95. The zero-order chi connectivity index (χ0) is 14.5. The number of carbonyl (C=O) groups is 1. The van der Waals surface area contributed by atoms with Crippen molar-refractivity contribution in [3.05, 3.63) is 52.4 Å². The van der Waals surface area contributed by atoms with E-state index in [1.165, 1.54) is 12.1 Å². The van der Waals surface area contributed by atoms with Gasteiger partial charge < -0.3 is 10.6 Å². The molecular formula is C14H13BrFN3O. The molecule has 1 aromatic carbocycles. The molecule has 0 saturated carbocycles. The molecule has 1 amide bonds. The Balaban J connectivity index is 2.19. The number of nitrogens with one attached hydrogen (secondary N) is 2. The first kappa shape index (κ1) is 14.5. The van der Waals surface area contributed by atoms with Crippen molar-refractivity contribution in [1.29, 1.82) is 0 Å². The smallest absolute Gasteiger partial charge is 0.274 e. The minimum Gasteiger partial charge on any atom is -0.370 e. The molecule has 0 aliphatic heterocycles. The second-order valence-corrected chi connectivity index (χ2v) is 4.93. The van der Waals surface area contributed by atoms with Crippen LogP contribution in [-0.2, 0) is 0 Å². The number of anilines is 2. The number of amides is 1. The Morgan fingerprint density at radius 1 is 1.35 bits per heavy atom. The number of carbonyl (C=O) groups excluding carboxylic acids is 1. The molecule has 2 aromatic rings. The molecule has 6 heteroatoms. The lowest BCUT2D eigenvalue weighted by atomic mass is 10.2. The zero-order valence-electron chi connectivity index (χ0n) is 10.8. The fourth-order valence-corrected chi connectivity index (χ4v) is 1.98. The maximum absolute atomic E-state index is 13.6. The molecule has 1 heterocycles. The number of hydrogen-bond donors (Lipinski definition) is 2. The van der Waals surface area contributed by atoms with Crippen LogP contribution in [0.1, 0.15) is 17.4 Å². The van der Waals surface area contributed by atoms with Gasteiger partial charge in [0.05, 0.1) is 5.69 Å². The van der Waals surface area contributed by atoms with Gasteiger partial charge in [0.1, 0.15) is 17.3 Å². The van der Waals surface area contributed by atoms with Crippen LogP contribution in [0.15, 0.2) is 40.9 Å². The molecule has 0 saturated heterocycles. The van der Waals surface area contributed by atoms with Crippen molar-refractivity contribution in [2.24, 2.45) is 0 Å². The van der Waals surface area contributed by atoms with Gasteiger partial charge in [0.25, 0.3) is 5.91 Å². The summed E-state index contributed by atoms with van der Waals surface area (Å²) in [5.74, 6) is -0.346. The highest BCUT2D eigenvalue weighted by molar-refractivity contribution is 9.10. The van der Waals surface area contributed by atoms with Crippen LogP contribution in [0.4, 0.5) is 15.9 Å². The summed E-state index contributed by atoms with van der Waals surface area (Å²) in [5, 5.41) is 5.52. The number of nitrogens with zero attached hydrogens (tertiary/aromatic N) is 1. The Morgan fingerprint density at radius 2 is 2.15 bits per heavy atom. The predicted molar refractivity (Wildman–Crippen MR) is 80.5 cm³/mol. The van der Waals surface area contributed by atoms with Crippen molar-refractivity contribution in [3.63, 3.8) is 0 Å². The van der Waals surface area contributed by atoms with Crippen molar-refractivity contribution in [2.45, 2.75) is 6.92 Å². The summed E-state index contributed by atoms with van der Waals surface area (Å²) in [6.45, 7) is 2.64. The van der Waals surface area contributed by atoms with Crippen LogP contribution in [0, 0.1) is 5.82 Å². The molecule has 2 N–H and O–H groups in total. The highest BCUT2D eigenvalue weighted by Gasteiger charge is 2.11. The standard InChI is InChI=1S/C14H13BrFN3O/c1-2-17-13-5-3-4-11(18-13)14(20)19-12-8-9(15)6-7-10(12)16/h3-8H,2H2,1H3,(H,17,18)(H,19,20). The summed E-state index contributed by atoms with van der Waals surface area (Å²) in [7, 11) is 0. The lowest BCUT2D eigenvalue weighted by Crippen LogP contribution is -2.15. The van der Waals surface area contributed by atoms with Gasteiger partial charge in [-0.05, 0) is 37.3 Å². The van der Waals surface area contributed by atoms with Crippen LogP contribution in [0.2, 0.25) is 0 Å². The molecule has 4 nitrogen and oxygen atoms in total. The second kappa shape index (κ2) is 6.47. The molecule has 0 aliphatic carbocycles. The monoisotopic (exact) mass is 337 g/mol. The summed E-state index contributed by atoms with van der Waals surface area (Å²) >= 11 is 3.23. The summed E-state index contributed by atoms with van der Waals surface area (Å²) < 4.78 is 14.3. The maximum atomic E-state index is 13.6. The van der Waals surface area contributed by atoms with Crippen molar-refractivity contribution < 1.29 is 9.18 Å². The number of rotatable bonds is 4. The van der Waals surface area contributed by atoms with Gasteiger partial charge in [-0.15, -0.1) is 0 Å². The van der Waals surface area contributed by atoms with E-state index < -0.39 is 11.7 Å². The molecule has 104 valence electrons. The van der Waals surface area contributed by atoms with Crippen molar-refractivity contribution in [2.75, 3.05) is 17.2 Å². The third-order valence-corrected chi connectivity index (χ3v) is 3.01. The zero-order valence-corrected chi connectivity index (χ0v) is 12.4. The van der Waals surface area contributed by atoms with Crippen LogP contribution in [0.5, 0.6) is 0 Å². The largest absolute Gasteiger partial charge is 0.370 e. The molecule has 0 aliphatic rings. The molecule has 0 radical (unpaired) electrons. The summed E-state index contributed by atoms with van der Waals surface area (Å²) in [6, 6.07) is 9.40. The number of hydrogen-bond acceptors (Lipinski definition) is 3. The van der Waals surface area contributed by atoms with E-state index in [2.05, 4.69) is 31.5 Å². The quantitative estimate of drug-likeness (QED) is 0.894. The van der Waals surface area contributed by atoms with E-state index in [9.17, 15) is 9.18 Å². The van der Waals surface area contributed by atoms with E-state index in [4.69, 9.17) is 0 Å². The molecule has 0 bridgehead atoms. The summed E-state index contributed by atoms with van der Waals surface area (Å²) in [6.07, 6.45) is 0. The molecule has 0 unspecified atom stereocenters. The van der Waals surface area contributed by atoms with Crippen molar-refractivity contribution in [1.82, 2.24) is 4.98 Å². The van der Waals surface area contributed by atoms with Crippen LogP contribution < -0.4 is 10.6 Å². The third-order valence-electron chi connectivity index (χ3n) is 2.52. The van der Waals surface area contributed by atoms with Gasteiger partial charge in [-0.3, -0.25) is 4.79 Å². The van der Waals surface area contributed by atoms with E-state index >= 15 is 0 Å². The average Bonchev–Trinajstić information content (AvgIpc) is 2.43. The minimum atomic E-state index is -0.496. The van der Waals surface area contributed by atoms with Crippen molar-refractivity contribution in [3.8, 4) is 0 Å². The van der Waals surface area contributed by atoms with Crippen LogP contribution >= 0.6 is 15.9 Å². The molecule has 20 heavy (non-hydrogen) atoms. The first-order valence-corrected chi connectivity index (χ1v) is 6.87. The fraction of sp³-hybridized carbons (Fsp3) is 0.143. The highest BCUT2D eigenvalue weighted by atomic mass is 79.9. The normalized spacial score (nSPS) is 10.2. The summed E-state index contributed by atoms with van der Waals surface area (Å²) in [5.41, 5.74) is 0.336. The molecule has 0 atom stereocenters. The molecule has 0 spiro atoms. The lowest BCUT2D eigenvalue weighted by molar-refractivity contribution is 0.102. The van der Waals surface area contributed by atoms with Gasteiger partial charge in [-0.2, -0.15) is 0 Å².